The molecule has 0 aromatic rings. The largest absolute Gasteiger partial charge is 0.394 e. The number of methoxy groups -OCH3 is 1. The van der Waals surface area contributed by atoms with E-state index in [1.54, 1.807) is 19.1 Å². The molecule has 0 aliphatic carbocycles. The number of aliphatic hydroxyl groups excluding tert-OH is 1. The molecule has 0 saturated heterocycles. The predicted octanol–water partition coefficient (Wildman–Crippen LogP) is 6.49. The molecule has 0 aromatic carbocycles. The number of hydrogen-bond acceptors (Lipinski definition) is 3. The molecule has 4 nitrogen and oxygen atoms in total. The van der Waals surface area contributed by atoms with Gasteiger partial charge >= 0.3 is 0 Å². The van der Waals surface area contributed by atoms with Gasteiger partial charge in [0, 0.05) is 26.0 Å². The van der Waals surface area contributed by atoms with Crippen molar-refractivity contribution >= 4 is 40.7 Å². The van der Waals surface area contributed by atoms with Gasteiger partial charge in [0.1, 0.15) is 4.84 Å². The number of allylic oxidation sites excluding steroid dienone is 2. The lowest BCUT2D eigenvalue weighted by atomic mass is 10.0. The third-order valence-electron chi connectivity index (χ3n) is 5.28. The molecule has 0 saturated carbocycles. The van der Waals surface area contributed by atoms with E-state index in [1.807, 2.05) is 0 Å². The van der Waals surface area contributed by atoms with E-state index in [1.165, 1.54) is 25.7 Å². The number of unbranched alkanes of at least 4 members (excludes halogenated alkanes) is 6. The van der Waals surface area contributed by atoms with Crippen molar-refractivity contribution in [3.63, 3.8) is 0 Å². The Hall–Kier alpha value is -0.000000000000000111. The second kappa shape index (κ2) is 20.9. The Morgan fingerprint density at radius 3 is 2.10 bits per heavy atom. The molecule has 178 valence electrons. The lowest BCUT2D eigenvalue weighted by Gasteiger charge is -2.25. The molecule has 7 heteroatoms. The number of aliphatic hydroxyl groups is 1. The van der Waals surface area contributed by atoms with E-state index in [-0.39, 0.29) is 28.8 Å². The average molecular weight is 487 g/mol. The van der Waals surface area contributed by atoms with Gasteiger partial charge in [0.2, 0.25) is 5.91 Å². The van der Waals surface area contributed by atoms with Crippen LogP contribution in [0, 0.1) is 0 Å². The predicted molar refractivity (Wildman–Crippen MR) is 130 cm³/mol. The zero-order valence-electron chi connectivity index (χ0n) is 18.8. The molecule has 1 N–H and O–H groups in total. The molecular formula is C23H42Cl3NO3. The smallest absolute Gasteiger partial charge is 0.223 e. The molecule has 0 radical (unpaired) electrons. The maximum atomic E-state index is 12.1. The summed E-state index contributed by atoms with van der Waals surface area (Å²) in [6.07, 6.45) is 17.7. The van der Waals surface area contributed by atoms with Gasteiger partial charge in [-0.1, -0.05) is 50.7 Å². The molecule has 0 aliphatic rings. The number of likely N-dealkylation sites (N-methyl/N-ethyl adjacent to an activating group) is 1. The first kappa shape index (κ1) is 30.0. The topological polar surface area (TPSA) is 49.8 Å². The Labute approximate surface area is 199 Å². The molecule has 2 unspecified atom stereocenters. The second-order valence-electron chi connectivity index (χ2n) is 7.92. The fourth-order valence-corrected chi connectivity index (χ4v) is 3.89. The van der Waals surface area contributed by atoms with E-state index in [9.17, 15) is 9.90 Å². The van der Waals surface area contributed by atoms with E-state index in [4.69, 9.17) is 39.5 Å². The summed E-state index contributed by atoms with van der Waals surface area (Å²) in [5.74, 6) is 0.0306. The molecule has 2 atom stereocenters. The average Bonchev–Trinajstić information content (AvgIpc) is 2.72. The van der Waals surface area contributed by atoms with Crippen LogP contribution in [0.5, 0.6) is 0 Å². The van der Waals surface area contributed by atoms with Crippen molar-refractivity contribution in [1.82, 2.24) is 4.90 Å². The van der Waals surface area contributed by atoms with Crippen LogP contribution in [0.25, 0.3) is 0 Å². The molecular weight excluding hydrogens is 445 g/mol. The molecule has 0 aliphatic heterocycles. The van der Waals surface area contributed by atoms with Crippen LogP contribution in [0.2, 0.25) is 0 Å². The Morgan fingerprint density at radius 2 is 1.50 bits per heavy atom. The summed E-state index contributed by atoms with van der Waals surface area (Å²) >= 11 is 17.9. The van der Waals surface area contributed by atoms with E-state index in [0.29, 0.717) is 13.0 Å². The van der Waals surface area contributed by atoms with E-state index in [2.05, 4.69) is 12.2 Å². The summed E-state index contributed by atoms with van der Waals surface area (Å²) in [4.78, 5) is 13.5. The van der Waals surface area contributed by atoms with Crippen LogP contribution in [-0.4, -0.2) is 59.5 Å². The van der Waals surface area contributed by atoms with Gasteiger partial charge < -0.3 is 14.7 Å². The summed E-state index contributed by atoms with van der Waals surface area (Å²) in [5.41, 5.74) is 0. The zero-order chi connectivity index (χ0) is 22.6. The second-order valence-corrected chi connectivity index (χ2v) is 9.82. The van der Waals surface area contributed by atoms with Gasteiger partial charge in [0.05, 0.1) is 19.3 Å². The van der Waals surface area contributed by atoms with Crippen LogP contribution < -0.4 is 0 Å². The number of carbonyl (C=O) groups is 1. The minimum absolute atomic E-state index is 0.0306. The van der Waals surface area contributed by atoms with Crippen molar-refractivity contribution in [3.05, 3.63) is 12.2 Å². The molecule has 1 amide bonds. The Bertz CT molecular complexity index is 436. The summed E-state index contributed by atoms with van der Waals surface area (Å²) in [5, 5.41) is 9.59. The van der Waals surface area contributed by atoms with Crippen molar-refractivity contribution in [1.29, 1.82) is 0 Å². The van der Waals surface area contributed by atoms with Gasteiger partial charge in [0.25, 0.3) is 0 Å². The van der Waals surface area contributed by atoms with Gasteiger partial charge in [-0.05, 0) is 38.5 Å². The van der Waals surface area contributed by atoms with Crippen molar-refractivity contribution in [2.75, 3.05) is 27.4 Å². The van der Waals surface area contributed by atoms with Crippen LogP contribution in [0.4, 0.5) is 0 Å². The highest BCUT2D eigenvalue weighted by atomic mass is 35.5. The Morgan fingerprint density at radius 1 is 0.933 bits per heavy atom. The maximum Gasteiger partial charge on any atom is 0.223 e. The highest BCUT2D eigenvalue weighted by Crippen LogP contribution is 2.18. The van der Waals surface area contributed by atoms with E-state index >= 15 is 0 Å². The summed E-state index contributed by atoms with van der Waals surface area (Å²) in [6.45, 7) is 0.261. The number of carbonyl (C=O) groups excluding carboxylic acids is 1. The highest BCUT2D eigenvalue weighted by molar-refractivity contribution is 6.44. The van der Waals surface area contributed by atoms with Crippen LogP contribution >= 0.6 is 34.8 Å². The fraction of sp³-hybridized carbons (Fsp3) is 0.870. The molecule has 0 aromatic heterocycles. The van der Waals surface area contributed by atoms with Crippen LogP contribution in [0.1, 0.15) is 83.5 Å². The molecule has 0 heterocycles. The number of alkyl halides is 3. The summed E-state index contributed by atoms with van der Waals surface area (Å²) in [6, 6.07) is -0.274. The van der Waals surface area contributed by atoms with Crippen molar-refractivity contribution in [2.24, 2.45) is 0 Å². The number of halogens is 3. The van der Waals surface area contributed by atoms with E-state index in [0.717, 1.165) is 51.4 Å². The lowest BCUT2D eigenvalue weighted by molar-refractivity contribution is -0.133. The van der Waals surface area contributed by atoms with Gasteiger partial charge in [-0.2, -0.15) is 0 Å². The summed E-state index contributed by atoms with van der Waals surface area (Å²) in [7, 11) is 3.28. The van der Waals surface area contributed by atoms with Gasteiger partial charge in [-0.25, -0.2) is 0 Å². The van der Waals surface area contributed by atoms with Crippen LogP contribution in [0.3, 0.4) is 0 Å². The third-order valence-corrected chi connectivity index (χ3v) is 6.15. The first-order valence-corrected chi connectivity index (χ1v) is 12.7. The maximum absolute atomic E-state index is 12.1. The lowest BCUT2D eigenvalue weighted by Crippen LogP contribution is -2.42. The van der Waals surface area contributed by atoms with Gasteiger partial charge in [0.15, 0.2) is 0 Å². The normalized spacial score (nSPS) is 13.8. The fourth-order valence-electron chi connectivity index (χ4n) is 3.27. The first-order valence-electron chi connectivity index (χ1n) is 11.3. The first-order chi connectivity index (χ1) is 14.4. The molecule has 30 heavy (non-hydrogen) atoms. The molecule has 0 rings (SSSR count). The third kappa shape index (κ3) is 17.7. The van der Waals surface area contributed by atoms with Crippen molar-refractivity contribution in [2.45, 2.75) is 99.7 Å². The van der Waals surface area contributed by atoms with Crippen molar-refractivity contribution < 1.29 is 14.6 Å². The minimum Gasteiger partial charge on any atom is -0.394 e. The van der Waals surface area contributed by atoms with Crippen LogP contribution in [0.15, 0.2) is 12.2 Å². The molecule has 0 spiro atoms. The number of hydrogen-bond donors (Lipinski definition) is 1. The Kier molecular flexibility index (Phi) is 20.9. The summed E-state index contributed by atoms with van der Waals surface area (Å²) < 4.78 is 5.03. The Balaban J connectivity index is 3.60. The van der Waals surface area contributed by atoms with Crippen molar-refractivity contribution in [3.8, 4) is 0 Å². The monoisotopic (exact) mass is 485 g/mol. The SMILES string of the molecule is COCC(CO)N(C)C(=O)CC/C=C/CCCCC(Cl)CCCCCCCC(Cl)Cl. The van der Waals surface area contributed by atoms with Gasteiger partial charge in [-0.15, -0.1) is 34.8 Å². The number of rotatable bonds is 20. The highest BCUT2D eigenvalue weighted by Gasteiger charge is 2.18. The zero-order valence-corrected chi connectivity index (χ0v) is 21.1. The number of amides is 1. The van der Waals surface area contributed by atoms with Crippen LogP contribution in [-0.2, 0) is 9.53 Å². The standard InChI is InChI=1S/C23H42Cl3NO3/c1-27(21(18-28)19-30-2)23(29)17-13-9-4-3-6-10-14-20(24)15-11-7-5-8-12-16-22(25)26/h4,9,20-22,28H,3,5-8,10-19H2,1-2H3/b9-4+. The number of nitrogens with zero attached hydrogens (tertiary/aromatic N) is 1. The van der Waals surface area contributed by atoms with E-state index < -0.39 is 0 Å². The molecule has 0 bridgehead atoms. The van der Waals surface area contributed by atoms with Gasteiger partial charge in [-0.3, -0.25) is 4.79 Å². The number of ether oxygens (including phenoxy) is 1. The quantitative estimate of drug-likeness (QED) is 0.121. The molecule has 0 fully saturated rings. The minimum atomic E-state index is -0.274.